The summed E-state index contributed by atoms with van der Waals surface area (Å²) in [6.45, 7) is 1.74. The van der Waals surface area contributed by atoms with Crippen LogP contribution in [0.1, 0.15) is 24.8 Å². The molecule has 3 aromatic rings. The molecule has 1 heterocycles. The van der Waals surface area contributed by atoms with Crippen LogP contribution in [0.3, 0.4) is 0 Å². The maximum absolute atomic E-state index is 12.7. The topological polar surface area (TPSA) is 168 Å². The molecular formula is C26H35ClN6O3S. The number of hydrogen-bond acceptors (Lipinski definition) is 5. The van der Waals surface area contributed by atoms with Gasteiger partial charge in [0.15, 0.2) is 5.96 Å². The zero-order valence-electron chi connectivity index (χ0n) is 20.6. The van der Waals surface area contributed by atoms with Crippen LogP contribution in [0.2, 0.25) is 0 Å². The third-order valence-electron chi connectivity index (χ3n) is 6.07. The number of nitrogens with one attached hydrogen (secondary N) is 2. The lowest BCUT2D eigenvalue weighted by atomic mass is 9.99. The summed E-state index contributed by atoms with van der Waals surface area (Å²) < 4.78 is 28.2. The number of nitrogens with two attached hydrogens (primary N) is 3. The standard InChI is InChI=1S/C17H22N4O2S.C9H12N2O.ClH/c18-17(19)21-10-4-5-13(12-21)11-20-24(22,23)16-9-3-7-14-6-1-2-8-15(14)16;10-8-3-1-2-7(6-8)4-5-9(11)12;/h1-3,6-9,13,20H,4-5,10-12H2,(H3,18,19);1-3,6H,4-5,10H2,(H2,11,12);1H/t13-;;/m1../s1. The minimum absolute atomic E-state index is 0. The van der Waals surface area contributed by atoms with Crippen LogP contribution in [0.15, 0.2) is 71.6 Å². The minimum Gasteiger partial charge on any atom is -0.399 e. The first-order valence-corrected chi connectivity index (χ1v) is 13.3. The predicted octanol–water partition coefficient (Wildman–Crippen LogP) is 2.83. The van der Waals surface area contributed by atoms with Crippen molar-refractivity contribution in [3.8, 4) is 0 Å². The molecule has 4 rings (SSSR count). The summed E-state index contributed by atoms with van der Waals surface area (Å²) in [5, 5.41) is 9.15. The van der Waals surface area contributed by atoms with Gasteiger partial charge in [-0.05, 0) is 54.3 Å². The van der Waals surface area contributed by atoms with Crippen molar-refractivity contribution < 1.29 is 13.2 Å². The number of nitrogens with zero attached hydrogens (tertiary/aromatic N) is 1. The quantitative estimate of drug-likeness (QED) is 0.173. The van der Waals surface area contributed by atoms with Gasteiger partial charge < -0.3 is 22.1 Å². The first-order chi connectivity index (χ1) is 17.2. The number of nitrogen functional groups attached to an aromatic ring is 1. The Hall–Kier alpha value is -3.34. The van der Waals surface area contributed by atoms with E-state index in [9.17, 15) is 13.2 Å². The van der Waals surface area contributed by atoms with Crippen LogP contribution in [-0.2, 0) is 21.2 Å². The summed E-state index contributed by atoms with van der Waals surface area (Å²) >= 11 is 0. The molecule has 8 N–H and O–H groups in total. The van der Waals surface area contributed by atoms with Crippen molar-refractivity contribution in [1.29, 1.82) is 5.41 Å². The van der Waals surface area contributed by atoms with Crippen LogP contribution in [-0.4, -0.2) is 44.8 Å². The summed E-state index contributed by atoms with van der Waals surface area (Å²) in [5.41, 5.74) is 17.9. The number of piperidine rings is 1. The van der Waals surface area contributed by atoms with Crippen molar-refractivity contribution in [3.05, 3.63) is 72.3 Å². The van der Waals surface area contributed by atoms with E-state index in [0.29, 0.717) is 30.8 Å². The number of likely N-dealkylation sites (tertiary alicyclic amines) is 1. The molecule has 1 fully saturated rings. The maximum Gasteiger partial charge on any atom is 0.241 e. The summed E-state index contributed by atoms with van der Waals surface area (Å²) in [6, 6.07) is 20.2. The van der Waals surface area contributed by atoms with Gasteiger partial charge >= 0.3 is 0 Å². The molecule has 11 heteroatoms. The van der Waals surface area contributed by atoms with E-state index in [1.165, 1.54) is 0 Å². The molecule has 0 bridgehead atoms. The zero-order chi connectivity index (χ0) is 26.1. The first kappa shape index (κ1) is 29.9. The number of carbonyl (C=O) groups excluding carboxylic acids is 1. The number of benzene rings is 3. The lowest BCUT2D eigenvalue weighted by Gasteiger charge is -2.32. The van der Waals surface area contributed by atoms with Crippen LogP contribution >= 0.6 is 12.4 Å². The summed E-state index contributed by atoms with van der Waals surface area (Å²) in [6.07, 6.45) is 2.89. The first-order valence-electron chi connectivity index (χ1n) is 11.8. The Morgan fingerprint density at radius 3 is 2.46 bits per heavy atom. The molecule has 0 aliphatic carbocycles. The van der Waals surface area contributed by atoms with E-state index in [-0.39, 0.29) is 30.2 Å². The third kappa shape index (κ3) is 8.92. The normalized spacial score (nSPS) is 15.2. The summed E-state index contributed by atoms with van der Waals surface area (Å²) in [4.78, 5) is 12.5. The van der Waals surface area contributed by atoms with Crippen molar-refractivity contribution in [2.45, 2.75) is 30.6 Å². The number of halogens is 1. The van der Waals surface area contributed by atoms with E-state index < -0.39 is 10.0 Å². The second kappa shape index (κ2) is 13.8. The Morgan fingerprint density at radius 2 is 1.76 bits per heavy atom. The van der Waals surface area contributed by atoms with Crippen LogP contribution in [0.25, 0.3) is 10.8 Å². The molecule has 1 saturated heterocycles. The highest BCUT2D eigenvalue weighted by molar-refractivity contribution is 7.89. The van der Waals surface area contributed by atoms with Gasteiger partial charge in [0.1, 0.15) is 0 Å². The smallest absolute Gasteiger partial charge is 0.241 e. The van der Waals surface area contributed by atoms with Crippen LogP contribution in [0, 0.1) is 11.3 Å². The maximum atomic E-state index is 12.7. The molecule has 9 nitrogen and oxygen atoms in total. The number of sulfonamides is 1. The van der Waals surface area contributed by atoms with Crippen LogP contribution < -0.4 is 21.9 Å². The molecule has 1 aliphatic heterocycles. The molecule has 0 saturated carbocycles. The number of hydrogen-bond donors (Lipinski definition) is 5. The fraction of sp³-hybridized carbons (Fsp3) is 0.308. The number of guanidine groups is 1. The molecule has 1 amide bonds. The van der Waals surface area contributed by atoms with Crippen LogP contribution in [0.5, 0.6) is 0 Å². The van der Waals surface area contributed by atoms with Crippen molar-refractivity contribution in [1.82, 2.24) is 9.62 Å². The second-order valence-electron chi connectivity index (χ2n) is 8.88. The SMILES string of the molecule is Cl.N=C(N)N1CCC[C@H](CNS(=O)(=O)c2cccc3ccccc23)C1.NC(=O)CCc1cccc(N)c1. The molecule has 3 aromatic carbocycles. The summed E-state index contributed by atoms with van der Waals surface area (Å²) in [5.74, 6) is -0.0681. The number of amides is 1. The van der Waals surface area contributed by atoms with Gasteiger partial charge in [0.2, 0.25) is 15.9 Å². The van der Waals surface area contributed by atoms with Gasteiger partial charge in [-0.2, -0.15) is 0 Å². The largest absolute Gasteiger partial charge is 0.399 e. The summed E-state index contributed by atoms with van der Waals surface area (Å²) in [7, 11) is -3.58. The van der Waals surface area contributed by atoms with E-state index in [2.05, 4.69) is 4.72 Å². The van der Waals surface area contributed by atoms with E-state index >= 15 is 0 Å². The third-order valence-corrected chi connectivity index (χ3v) is 7.55. The van der Waals surface area contributed by atoms with Gasteiger partial charge in [-0.15, -0.1) is 12.4 Å². The molecule has 0 aromatic heterocycles. The zero-order valence-corrected chi connectivity index (χ0v) is 22.2. The average Bonchev–Trinajstić information content (AvgIpc) is 2.86. The van der Waals surface area contributed by atoms with Gasteiger partial charge in [0.25, 0.3) is 0 Å². The number of fused-ring (bicyclic) bond motifs is 1. The molecular weight excluding hydrogens is 512 g/mol. The highest BCUT2D eigenvalue weighted by atomic mass is 35.5. The Bertz CT molecular complexity index is 1310. The number of anilines is 1. The van der Waals surface area contributed by atoms with E-state index in [0.717, 1.165) is 41.4 Å². The molecule has 37 heavy (non-hydrogen) atoms. The van der Waals surface area contributed by atoms with E-state index in [1.54, 1.807) is 17.0 Å². The molecule has 0 spiro atoms. The lowest BCUT2D eigenvalue weighted by Crippen LogP contribution is -2.46. The fourth-order valence-electron chi connectivity index (χ4n) is 4.20. The molecule has 0 unspecified atom stereocenters. The highest BCUT2D eigenvalue weighted by Crippen LogP contribution is 2.23. The second-order valence-corrected chi connectivity index (χ2v) is 10.6. The Kier molecular flexibility index (Phi) is 11.2. The number of primary amides is 1. The van der Waals surface area contributed by atoms with E-state index in [4.69, 9.17) is 22.6 Å². The minimum atomic E-state index is -3.58. The van der Waals surface area contributed by atoms with Crippen LogP contribution in [0.4, 0.5) is 5.69 Å². The van der Waals surface area contributed by atoms with Gasteiger partial charge in [-0.1, -0.05) is 48.5 Å². The van der Waals surface area contributed by atoms with Gasteiger partial charge in [-0.25, -0.2) is 13.1 Å². The molecule has 200 valence electrons. The van der Waals surface area contributed by atoms with Gasteiger partial charge in [0.05, 0.1) is 4.90 Å². The number of carbonyl (C=O) groups is 1. The van der Waals surface area contributed by atoms with Crippen molar-refractivity contribution in [3.63, 3.8) is 0 Å². The van der Waals surface area contributed by atoms with Gasteiger partial charge in [-0.3, -0.25) is 10.2 Å². The Morgan fingerprint density at radius 1 is 1.05 bits per heavy atom. The monoisotopic (exact) mass is 546 g/mol. The predicted molar refractivity (Wildman–Crippen MR) is 151 cm³/mol. The molecule has 1 atom stereocenters. The fourth-order valence-corrected chi connectivity index (χ4v) is 5.55. The van der Waals surface area contributed by atoms with E-state index in [1.807, 2.05) is 54.6 Å². The average molecular weight is 547 g/mol. The highest BCUT2D eigenvalue weighted by Gasteiger charge is 2.24. The Balaban J connectivity index is 0.000000314. The number of rotatable bonds is 7. The van der Waals surface area contributed by atoms with Crippen molar-refractivity contribution >= 4 is 50.8 Å². The van der Waals surface area contributed by atoms with Crippen molar-refractivity contribution in [2.75, 3.05) is 25.4 Å². The molecule has 1 aliphatic rings. The number of aryl methyl sites for hydroxylation is 1. The van der Waals surface area contributed by atoms with Gasteiger partial charge in [0, 0.05) is 37.1 Å². The van der Waals surface area contributed by atoms with Crippen molar-refractivity contribution in [2.24, 2.45) is 17.4 Å². The lowest BCUT2D eigenvalue weighted by molar-refractivity contribution is -0.117. The Labute approximate surface area is 224 Å². The molecule has 0 radical (unpaired) electrons.